The van der Waals surface area contributed by atoms with E-state index in [1.165, 1.54) is 0 Å². The predicted octanol–water partition coefficient (Wildman–Crippen LogP) is 2.40. The maximum Gasteiger partial charge on any atom is 0.257 e. The summed E-state index contributed by atoms with van der Waals surface area (Å²) in [5.41, 5.74) is 1.52. The lowest BCUT2D eigenvalue weighted by atomic mass is 10.0. The van der Waals surface area contributed by atoms with E-state index < -0.39 is 0 Å². The van der Waals surface area contributed by atoms with Crippen molar-refractivity contribution in [2.45, 2.75) is 25.8 Å². The molecule has 1 atom stereocenters. The van der Waals surface area contributed by atoms with Crippen molar-refractivity contribution in [3.8, 4) is 5.75 Å². The Morgan fingerprint density at radius 1 is 1.28 bits per heavy atom. The molecule has 0 spiro atoms. The molecule has 0 saturated carbocycles. The molecule has 1 saturated heterocycles. The molecule has 1 aromatic carbocycles. The van der Waals surface area contributed by atoms with Gasteiger partial charge in [-0.25, -0.2) is 9.97 Å². The number of benzene rings is 1. The molecule has 6 heteroatoms. The monoisotopic (exact) mass is 340 g/mol. The van der Waals surface area contributed by atoms with Crippen molar-refractivity contribution in [2.24, 2.45) is 0 Å². The molecular weight excluding hydrogens is 316 g/mol. The van der Waals surface area contributed by atoms with E-state index in [9.17, 15) is 4.79 Å². The van der Waals surface area contributed by atoms with Crippen LogP contribution in [0.25, 0.3) is 0 Å². The highest BCUT2D eigenvalue weighted by Crippen LogP contribution is 2.31. The standard InChI is InChI=1S/C19H24N4O2/c1-13(2)18-21-10-14(11-22-18)19(24)23-9-8-20-12-16(23)15-6-4-5-7-17(15)25-3/h4-7,10-11,13,16,20H,8-9,12H2,1-3H3/t16-/m0/s1. The van der Waals surface area contributed by atoms with Crippen LogP contribution in [0.4, 0.5) is 0 Å². The molecule has 1 aliphatic rings. The number of carbonyl (C=O) groups excluding carboxylic acids is 1. The van der Waals surface area contributed by atoms with E-state index >= 15 is 0 Å². The first-order valence-corrected chi connectivity index (χ1v) is 8.58. The van der Waals surface area contributed by atoms with Gasteiger partial charge in [0.05, 0.1) is 18.7 Å². The Morgan fingerprint density at radius 3 is 2.68 bits per heavy atom. The average Bonchev–Trinajstić information content (AvgIpc) is 2.67. The Hall–Kier alpha value is -2.47. The van der Waals surface area contributed by atoms with Crippen LogP contribution in [0.1, 0.15) is 47.6 Å². The molecule has 2 heterocycles. The number of amides is 1. The number of aromatic nitrogens is 2. The summed E-state index contributed by atoms with van der Waals surface area (Å²) in [5, 5.41) is 3.36. The normalized spacial score (nSPS) is 17.6. The first-order chi connectivity index (χ1) is 12.1. The van der Waals surface area contributed by atoms with Crippen LogP contribution in [-0.4, -0.2) is 47.5 Å². The zero-order chi connectivity index (χ0) is 17.8. The highest BCUT2D eigenvalue weighted by Gasteiger charge is 2.30. The number of methoxy groups -OCH3 is 1. The number of hydrogen-bond donors (Lipinski definition) is 1. The molecule has 1 N–H and O–H groups in total. The predicted molar refractivity (Wildman–Crippen MR) is 95.8 cm³/mol. The average molecular weight is 340 g/mol. The fourth-order valence-corrected chi connectivity index (χ4v) is 3.08. The van der Waals surface area contributed by atoms with E-state index in [-0.39, 0.29) is 17.9 Å². The van der Waals surface area contributed by atoms with E-state index in [4.69, 9.17) is 4.74 Å². The number of rotatable bonds is 4. The van der Waals surface area contributed by atoms with Gasteiger partial charge in [0.2, 0.25) is 0 Å². The second kappa shape index (κ2) is 7.61. The molecule has 0 bridgehead atoms. The van der Waals surface area contributed by atoms with E-state index in [2.05, 4.69) is 15.3 Å². The van der Waals surface area contributed by atoms with Crippen LogP contribution in [0.3, 0.4) is 0 Å². The van der Waals surface area contributed by atoms with Crippen LogP contribution >= 0.6 is 0 Å². The van der Waals surface area contributed by atoms with Gasteiger partial charge in [-0.1, -0.05) is 32.0 Å². The summed E-state index contributed by atoms with van der Waals surface area (Å²) in [6.07, 6.45) is 3.26. The van der Waals surface area contributed by atoms with Gasteiger partial charge < -0.3 is 15.0 Å². The molecule has 6 nitrogen and oxygen atoms in total. The Morgan fingerprint density at radius 2 is 2.00 bits per heavy atom. The van der Waals surface area contributed by atoms with Gasteiger partial charge in [0.1, 0.15) is 11.6 Å². The van der Waals surface area contributed by atoms with Gasteiger partial charge in [0, 0.05) is 43.5 Å². The summed E-state index contributed by atoms with van der Waals surface area (Å²) in [5.74, 6) is 1.73. The van der Waals surface area contributed by atoms with Crippen molar-refractivity contribution in [3.63, 3.8) is 0 Å². The Labute approximate surface area is 148 Å². The molecule has 25 heavy (non-hydrogen) atoms. The second-order valence-corrected chi connectivity index (χ2v) is 6.45. The molecule has 132 valence electrons. The number of para-hydroxylation sites is 1. The Kier molecular flexibility index (Phi) is 5.28. The number of nitrogens with zero attached hydrogens (tertiary/aromatic N) is 3. The molecule has 1 fully saturated rings. The van der Waals surface area contributed by atoms with Crippen LogP contribution in [0, 0.1) is 0 Å². The molecule has 3 rings (SSSR count). The van der Waals surface area contributed by atoms with Crippen molar-refractivity contribution in [2.75, 3.05) is 26.7 Å². The minimum absolute atomic E-state index is 0.0484. The topological polar surface area (TPSA) is 67.3 Å². The van der Waals surface area contributed by atoms with E-state index in [0.29, 0.717) is 18.7 Å². The smallest absolute Gasteiger partial charge is 0.257 e. The fraction of sp³-hybridized carbons (Fsp3) is 0.421. The zero-order valence-electron chi connectivity index (χ0n) is 14.9. The molecule has 2 aromatic rings. The van der Waals surface area contributed by atoms with Crippen LogP contribution in [0.15, 0.2) is 36.7 Å². The highest BCUT2D eigenvalue weighted by atomic mass is 16.5. The maximum atomic E-state index is 13.0. The molecule has 0 unspecified atom stereocenters. The van der Waals surface area contributed by atoms with Gasteiger partial charge >= 0.3 is 0 Å². The summed E-state index contributed by atoms with van der Waals surface area (Å²) < 4.78 is 5.48. The largest absolute Gasteiger partial charge is 0.496 e. The summed E-state index contributed by atoms with van der Waals surface area (Å²) in [6.45, 7) is 6.16. The van der Waals surface area contributed by atoms with E-state index in [0.717, 1.165) is 23.7 Å². The van der Waals surface area contributed by atoms with Gasteiger partial charge in [0.25, 0.3) is 5.91 Å². The summed E-state index contributed by atoms with van der Waals surface area (Å²) in [4.78, 5) is 23.6. The number of piperazine rings is 1. The molecule has 1 amide bonds. The van der Waals surface area contributed by atoms with Gasteiger partial charge in [-0.05, 0) is 6.07 Å². The van der Waals surface area contributed by atoms with Crippen molar-refractivity contribution in [1.82, 2.24) is 20.2 Å². The van der Waals surface area contributed by atoms with Crippen molar-refractivity contribution < 1.29 is 9.53 Å². The lowest BCUT2D eigenvalue weighted by molar-refractivity contribution is 0.0630. The van der Waals surface area contributed by atoms with Crippen LogP contribution in [-0.2, 0) is 0 Å². The third-order valence-electron chi connectivity index (χ3n) is 4.44. The number of carbonyl (C=O) groups is 1. The molecular formula is C19H24N4O2. The van der Waals surface area contributed by atoms with Crippen molar-refractivity contribution in [3.05, 3.63) is 53.6 Å². The van der Waals surface area contributed by atoms with Crippen LogP contribution < -0.4 is 10.1 Å². The van der Waals surface area contributed by atoms with Crippen LogP contribution in [0.5, 0.6) is 5.75 Å². The van der Waals surface area contributed by atoms with Gasteiger partial charge in [0.15, 0.2) is 0 Å². The first kappa shape index (κ1) is 17.4. The second-order valence-electron chi connectivity index (χ2n) is 6.45. The highest BCUT2D eigenvalue weighted by molar-refractivity contribution is 5.94. The maximum absolute atomic E-state index is 13.0. The van der Waals surface area contributed by atoms with Gasteiger partial charge in [-0.2, -0.15) is 0 Å². The summed E-state index contributed by atoms with van der Waals surface area (Å²) in [7, 11) is 1.65. The van der Waals surface area contributed by atoms with Crippen molar-refractivity contribution >= 4 is 5.91 Å². The lowest BCUT2D eigenvalue weighted by Crippen LogP contribution is -2.48. The Balaban J connectivity index is 1.88. The summed E-state index contributed by atoms with van der Waals surface area (Å²) in [6, 6.07) is 7.75. The minimum Gasteiger partial charge on any atom is -0.496 e. The molecule has 1 aliphatic heterocycles. The summed E-state index contributed by atoms with van der Waals surface area (Å²) >= 11 is 0. The van der Waals surface area contributed by atoms with E-state index in [1.807, 2.05) is 43.0 Å². The zero-order valence-corrected chi connectivity index (χ0v) is 14.9. The van der Waals surface area contributed by atoms with Gasteiger partial charge in [-0.15, -0.1) is 0 Å². The van der Waals surface area contributed by atoms with Crippen molar-refractivity contribution in [1.29, 1.82) is 0 Å². The molecule has 0 radical (unpaired) electrons. The SMILES string of the molecule is COc1ccccc1[C@@H]1CNCCN1C(=O)c1cnc(C(C)C)nc1. The minimum atomic E-state index is -0.0813. The lowest BCUT2D eigenvalue weighted by Gasteiger charge is -2.37. The number of ether oxygens (including phenoxy) is 1. The molecule has 0 aliphatic carbocycles. The first-order valence-electron chi connectivity index (χ1n) is 8.58. The quantitative estimate of drug-likeness (QED) is 0.926. The third kappa shape index (κ3) is 3.64. The molecule has 1 aromatic heterocycles. The number of nitrogens with one attached hydrogen (secondary N) is 1. The van der Waals surface area contributed by atoms with Gasteiger partial charge in [-0.3, -0.25) is 4.79 Å². The number of hydrogen-bond acceptors (Lipinski definition) is 5. The Bertz CT molecular complexity index is 730. The van der Waals surface area contributed by atoms with Crippen LogP contribution in [0.2, 0.25) is 0 Å². The van der Waals surface area contributed by atoms with E-state index in [1.54, 1.807) is 19.5 Å². The fourth-order valence-electron chi connectivity index (χ4n) is 3.08. The third-order valence-corrected chi connectivity index (χ3v) is 4.44.